The van der Waals surface area contributed by atoms with E-state index in [4.69, 9.17) is 4.98 Å². The molecule has 1 atom stereocenters. The second-order valence-electron chi connectivity index (χ2n) is 8.84. The molecule has 0 spiro atoms. The Balaban J connectivity index is 1.15. The van der Waals surface area contributed by atoms with Gasteiger partial charge in [-0.25, -0.2) is 9.97 Å². The topological polar surface area (TPSA) is 62.1 Å². The minimum atomic E-state index is 0.501. The summed E-state index contributed by atoms with van der Waals surface area (Å²) >= 11 is 0. The Hall–Kier alpha value is -2.93. The largest absolute Gasteiger partial charge is 0.371 e. The molecule has 31 heavy (non-hydrogen) atoms. The van der Waals surface area contributed by atoms with E-state index in [0.29, 0.717) is 12.1 Å². The summed E-state index contributed by atoms with van der Waals surface area (Å²) in [6.07, 6.45) is 9.22. The first kappa shape index (κ1) is 20.0. The Bertz CT molecular complexity index is 1020. The molecule has 0 radical (unpaired) electrons. The number of rotatable bonds is 5. The molecule has 4 heterocycles. The van der Waals surface area contributed by atoms with Crippen molar-refractivity contribution >= 4 is 11.6 Å². The molecule has 3 aromatic rings. The SMILES string of the molecule is Cc1cccc(N2CCC(NC3CCN(c4nccc(-c5cnn(C)c5)n4)C3)CC2)c1. The minimum absolute atomic E-state index is 0.501. The minimum Gasteiger partial charge on any atom is -0.371 e. The van der Waals surface area contributed by atoms with Crippen LogP contribution in [-0.2, 0) is 7.05 Å². The Labute approximate surface area is 184 Å². The Morgan fingerprint density at radius 2 is 1.81 bits per heavy atom. The third-order valence-corrected chi connectivity index (χ3v) is 6.45. The average molecular weight is 418 g/mol. The lowest BCUT2D eigenvalue weighted by atomic mass is 10.0. The van der Waals surface area contributed by atoms with Gasteiger partial charge < -0.3 is 15.1 Å². The van der Waals surface area contributed by atoms with Crippen LogP contribution in [-0.4, -0.2) is 58.0 Å². The van der Waals surface area contributed by atoms with Gasteiger partial charge in [-0.15, -0.1) is 0 Å². The van der Waals surface area contributed by atoms with Gasteiger partial charge in [-0.3, -0.25) is 4.68 Å². The molecule has 2 aliphatic heterocycles. The molecule has 7 heteroatoms. The van der Waals surface area contributed by atoms with Crippen LogP contribution in [0.2, 0.25) is 0 Å². The molecule has 0 bridgehead atoms. The summed E-state index contributed by atoms with van der Waals surface area (Å²) in [4.78, 5) is 14.2. The highest BCUT2D eigenvalue weighted by molar-refractivity contribution is 5.58. The highest BCUT2D eigenvalue weighted by atomic mass is 15.3. The van der Waals surface area contributed by atoms with Crippen molar-refractivity contribution in [3.63, 3.8) is 0 Å². The van der Waals surface area contributed by atoms with Crippen LogP contribution in [0.4, 0.5) is 11.6 Å². The van der Waals surface area contributed by atoms with Gasteiger partial charge in [0.15, 0.2) is 0 Å². The van der Waals surface area contributed by atoms with Crippen molar-refractivity contribution in [1.82, 2.24) is 25.1 Å². The lowest BCUT2D eigenvalue weighted by Crippen LogP contribution is -2.47. The standard InChI is InChI=1S/C24H31N7/c1-18-4-3-5-22(14-18)30-11-7-20(8-12-30)27-21-9-13-31(17-21)24-25-10-6-23(28-24)19-15-26-29(2)16-19/h3-6,10,14-16,20-21,27H,7-9,11-13,17H2,1-2H3. The monoisotopic (exact) mass is 417 g/mol. The van der Waals surface area contributed by atoms with Gasteiger partial charge >= 0.3 is 0 Å². The summed E-state index contributed by atoms with van der Waals surface area (Å²) < 4.78 is 1.80. The van der Waals surface area contributed by atoms with Crippen molar-refractivity contribution in [3.8, 4) is 11.3 Å². The molecular weight excluding hydrogens is 386 g/mol. The number of aromatic nitrogens is 4. The van der Waals surface area contributed by atoms with Crippen molar-refractivity contribution in [3.05, 3.63) is 54.5 Å². The van der Waals surface area contributed by atoms with Gasteiger partial charge in [-0.1, -0.05) is 12.1 Å². The third kappa shape index (κ3) is 4.56. The van der Waals surface area contributed by atoms with Crippen LogP contribution < -0.4 is 15.1 Å². The third-order valence-electron chi connectivity index (χ3n) is 6.45. The zero-order chi connectivity index (χ0) is 21.2. The van der Waals surface area contributed by atoms with Gasteiger partial charge in [-0.05, 0) is 49.9 Å². The summed E-state index contributed by atoms with van der Waals surface area (Å²) in [6.45, 7) is 6.37. The van der Waals surface area contributed by atoms with E-state index in [9.17, 15) is 0 Å². The normalized spacial score (nSPS) is 19.9. The molecule has 2 aliphatic rings. The van der Waals surface area contributed by atoms with Gasteiger partial charge in [-0.2, -0.15) is 5.10 Å². The molecule has 5 rings (SSSR count). The quantitative estimate of drug-likeness (QED) is 0.689. The number of benzene rings is 1. The van der Waals surface area contributed by atoms with Gasteiger partial charge in [0.05, 0.1) is 11.9 Å². The zero-order valence-electron chi connectivity index (χ0n) is 18.4. The smallest absolute Gasteiger partial charge is 0.225 e. The molecule has 0 aliphatic carbocycles. The molecule has 2 fully saturated rings. The van der Waals surface area contributed by atoms with Gasteiger partial charge in [0.2, 0.25) is 5.95 Å². The van der Waals surface area contributed by atoms with Gasteiger partial charge in [0, 0.05) is 69.0 Å². The van der Waals surface area contributed by atoms with Crippen LogP contribution in [0.25, 0.3) is 11.3 Å². The highest BCUT2D eigenvalue weighted by Crippen LogP contribution is 2.24. The molecule has 1 N–H and O–H groups in total. The molecule has 2 aromatic heterocycles. The summed E-state index contributed by atoms with van der Waals surface area (Å²) in [6, 6.07) is 11.9. The van der Waals surface area contributed by atoms with Gasteiger partial charge in [0.1, 0.15) is 0 Å². The van der Waals surface area contributed by atoms with Crippen molar-refractivity contribution in [2.24, 2.45) is 7.05 Å². The van der Waals surface area contributed by atoms with Crippen molar-refractivity contribution in [2.75, 3.05) is 36.0 Å². The van der Waals surface area contributed by atoms with E-state index in [2.05, 4.69) is 56.4 Å². The molecule has 2 saturated heterocycles. The summed E-state index contributed by atoms with van der Waals surface area (Å²) in [5.41, 5.74) is 4.65. The van der Waals surface area contributed by atoms with E-state index < -0.39 is 0 Å². The molecule has 1 unspecified atom stereocenters. The maximum Gasteiger partial charge on any atom is 0.225 e. The molecular formula is C24H31N7. The fraction of sp³-hybridized carbons (Fsp3) is 0.458. The number of aryl methyl sites for hydroxylation is 2. The first-order valence-corrected chi connectivity index (χ1v) is 11.3. The Morgan fingerprint density at radius 3 is 2.58 bits per heavy atom. The molecule has 0 amide bonds. The Kier molecular flexibility index (Phi) is 5.59. The highest BCUT2D eigenvalue weighted by Gasteiger charge is 2.28. The van der Waals surface area contributed by atoms with E-state index >= 15 is 0 Å². The predicted molar refractivity (Wildman–Crippen MR) is 124 cm³/mol. The second kappa shape index (κ2) is 8.67. The van der Waals surface area contributed by atoms with Crippen LogP contribution >= 0.6 is 0 Å². The van der Waals surface area contributed by atoms with E-state index in [-0.39, 0.29) is 0 Å². The maximum atomic E-state index is 4.80. The fourth-order valence-corrected chi connectivity index (χ4v) is 4.76. The van der Waals surface area contributed by atoms with Crippen LogP contribution in [0.1, 0.15) is 24.8 Å². The van der Waals surface area contributed by atoms with Crippen LogP contribution in [0, 0.1) is 6.92 Å². The summed E-state index contributed by atoms with van der Waals surface area (Å²) in [7, 11) is 1.92. The number of nitrogens with zero attached hydrogens (tertiary/aromatic N) is 6. The fourth-order valence-electron chi connectivity index (χ4n) is 4.76. The molecule has 162 valence electrons. The van der Waals surface area contributed by atoms with E-state index in [1.165, 1.54) is 24.1 Å². The molecule has 1 aromatic carbocycles. The lowest BCUT2D eigenvalue weighted by molar-refractivity contribution is 0.377. The summed E-state index contributed by atoms with van der Waals surface area (Å²) in [5, 5.41) is 8.17. The maximum absolute atomic E-state index is 4.80. The van der Waals surface area contributed by atoms with E-state index in [0.717, 1.165) is 49.8 Å². The summed E-state index contributed by atoms with van der Waals surface area (Å²) in [5.74, 6) is 0.819. The van der Waals surface area contributed by atoms with Crippen LogP contribution in [0.15, 0.2) is 48.9 Å². The number of nitrogens with one attached hydrogen (secondary N) is 1. The first-order valence-electron chi connectivity index (χ1n) is 11.3. The van der Waals surface area contributed by atoms with E-state index in [1.807, 2.05) is 31.7 Å². The van der Waals surface area contributed by atoms with Crippen molar-refractivity contribution in [1.29, 1.82) is 0 Å². The van der Waals surface area contributed by atoms with E-state index in [1.54, 1.807) is 4.68 Å². The number of anilines is 2. The predicted octanol–water partition coefficient (Wildman–Crippen LogP) is 3.02. The number of hydrogen-bond donors (Lipinski definition) is 1. The average Bonchev–Trinajstić information content (AvgIpc) is 3.44. The first-order chi connectivity index (χ1) is 15.1. The Morgan fingerprint density at radius 1 is 1.00 bits per heavy atom. The van der Waals surface area contributed by atoms with Crippen molar-refractivity contribution in [2.45, 2.75) is 38.3 Å². The van der Waals surface area contributed by atoms with Crippen LogP contribution in [0.5, 0.6) is 0 Å². The second-order valence-corrected chi connectivity index (χ2v) is 8.84. The van der Waals surface area contributed by atoms with Crippen molar-refractivity contribution < 1.29 is 0 Å². The molecule has 0 saturated carbocycles. The number of piperidine rings is 1. The molecule has 7 nitrogen and oxygen atoms in total. The van der Waals surface area contributed by atoms with Gasteiger partial charge in [0.25, 0.3) is 0 Å². The lowest BCUT2D eigenvalue weighted by Gasteiger charge is -2.35. The van der Waals surface area contributed by atoms with Crippen LogP contribution in [0.3, 0.4) is 0 Å². The zero-order valence-corrected chi connectivity index (χ0v) is 18.4. The number of hydrogen-bond acceptors (Lipinski definition) is 6.